The maximum absolute atomic E-state index is 13.5. The third kappa shape index (κ3) is 6.51. The van der Waals surface area contributed by atoms with Crippen LogP contribution in [0.15, 0.2) is 66.7 Å². The highest BCUT2D eigenvalue weighted by Crippen LogP contribution is 2.40. The van der Waals surface area contributed by atoms with Gasteiger partial charge in [-0.15, -0.1) is 0 Å². The molecule has 1 fully saturated rings. The van der Waals surface area contributed by atoms with Gasteiger partial charge in [-0.05, 0) is 12.1 Å². The molecule has 1 amide bonds. The highest BCUT2D eigenvalue weighted by molar-refractivity contribution is 5.78. The third-order valence-electron chi connectivity index (χ3n) is 6.83. The molecule has 0 bridgehead atoms. The van der Waals surface area contributed by atoms with Crippen molar-refractivity contribution < 1.29 is 32.6 Å². The van der Waals surface area contributed by atoms with Gasteiger partial charge in [0, 0.05) is 23.3 Å². The topological polar surface area (TPSA) is 57.2 Å². The number of hydrogen-bond donors (Lipinski definition) is 0. The van der Waals surface area contributed by atoms with Crippen molar-refractivity contribution in [1.82, 2.24) is 4.90 Å². The van der Waals surface area contributed by atoms with Gasteiger partial charge < -0.3 is 28.3 Å². The molecule has 3 aromatic rings. The SMILES string of the molecule is COc1cc(OCC(=O)N2CC[N+](Cc3ccccc3)(Cc3ccc(F)cc3)CC2)cc(OC)c1OC. The molecule has 3 aromatic carbocycles. The summed E-state index contributed by atoms with van der Waals surface area (Å²) in [4.78, 5) is 14.9. The second-order valence-corrected chi connectivity index (χ2v) is 9.25. The molecule has 0 unspecified atom stereocenters. The maximum Gasteiger partial charge on any atom is 0.260 e. The van der Waals surface area contributed by atoms with E-state index in [0.29, 0.717) is 36.1 Å². The summed E-state index contributed by atoms with van der Waals surface area (Å²) in [5.74, 6) is 1.55. The molecule has 1 heterocycles. The monoisotopic (exact) mass is 509 g/mol. The number of methoxy groups -OCH3 is 3. The number of piperazine rings is 1. The molecule has 7 nitrogen and oxygen atoms in total. The molecule has 196 valence electrons. The predicted molar refractivity (Wildman–Crippen MR) is 138 cm³/mol. The van der Waals surface area contributed by atoms with Gasteiger partial charge in [0.15, 0.2) is 18.1 Å². The zero-order valence-corrected chi connectivity index (χ0v) is 21.6. The molecule has 37 heavy (non-hydrogen) atoms. The van der Waals surface area contributed by atoms with Gasteiger partial charge >= 0.3 is 0 Å². The first-order chi connectivity index (χ1) is 17.9. The maximum atomic E-state index is 13.5. The second-order valence-electron chi connectivity index (χ2n) is 9.25. The van der Waals surface area contributed by atoms with E-state index in [2.05, 4.69) is 12.1 Å². The van der Waals surface area contributed by atoms with Crippen LogP contribution in [0.4, 0.5) is 4.39 Å². The first-order valence-electron chi connectivity index (χ1n) is 12.3. The van der Waals surface area contributed by atoms with E-state index in [4.69, 9.17) is 18.9 Å². The minimum Gasteiger partial charge on any atom is -0.493 e. The molecule has 0 atom stereocenters. The lowest BCUT2D eigenvalue weighted by Crippen LogP contribution is -2.59. The Morgan fingerprint density at radius 1 is 0.838 bits per heavy atom. The predicted octanol–water partition coefficient (Wildman–Crippen LogP) is 4.29. The largest absolute Gasteiger partial charge is 0.493 e. The normalized spacial score (nSPS) is 14.6. The highest BCUT2D eigenvalue weighted by atomic mass is 19.1. The van der Waals surface area contributed by atoms with Gasteiger partial charge in [-0.3, -0.25) is 4.79 Å². The number of nitrogens with zero attached hydrogens (tertiary/aromatic N) is 2. The van der Waals surface area contributed by atoms with Crippen molar-refractivity contribution in [2.24, 2.45) is 0 Å². The molecule has 4 rings (SSSR count). The van der Waals surface area contributed by atoms with E-state index in [1.807, 2.05) is 35.2 Å². The quantitative estimate of drug-likeness (QED) is 0.382. The number of rotatable bonds is 10. The summed E-state index contributed by atoms with van der Waals surface area (Å²) in [6.45, 7) is 4.36. The lowest BCUT2D eigenvalue weighted by Gasteiger charge is -2.45. The van der Waals surface area contributed by atoms with Gasteiger partial charge in [0.25, 0.3) is 5.91 Å². The van der Waals surface area contributed by atoms with Crippen molar-refractivity contribution in [3.05, 3.63) is 83.7 Å². The summed E-state index contributed by atoms with van der Waals surface area (Å²) in [5.41, 5.74) is 2.33. The van der Waals surface area contributed by atoms with Crippen molar-refractivity contribution in [2.75, 3.05) is 54.1 Å². The number of carbonyl (C=O) groups is 1. The average Bonchev–Trinajstić information content (AvgIpc) is 2.93. The van der Waals surface area contributed by atoms with Crippen molar-refractivity contribution in [3.63, 3.8) is 0 Å². The van der Waals surface area contributed by atoms with Crippen LogP contribution < -0.4 is 18.9 Å². The molecule has 0 aliphatic carbocycles. The van der Waals surface area contributed by atoms with Crippen LogP contribution >= 0.6 is 0 Å². The first-order valence-corrected chi connectivity index (χ1v) is 12.3. The number of halogens is 1. The van der Waals surface area contributed by atoms with Crippen LogP contribution in [0.1, 0.15) is 11.1 Å². The summed E-state index contributed by atoms with van der Waals surface area (Å²) < 4.78 is 36.2. The van der Waals surface area contributed by atoms with E-state index in [1.165, 1.54) is 39.0 Å². The molecule has 8 heteroatoms. The van der Waals surface area contributed by atoms with Gasteiger partial charge in [-0.2, -0.15) is 0 Å². The van der Waals surface area contributed by atoms with Crippen molar-refractivity contribution in [2.45, 2.75) is 13.1 Å². The fourth-order valence-corrected chi connectivity index (χ4v) is 4.84. The lowest BCUT2D eigenvalue weighted by atomic mass is 10.1. The molecule has 0 spiro atoms. The Bertz CT molecular complexity index is 1150. The average molecular weight is 510 g/mol. The lowest BCUT2D eigenvalue weighted by molar-refractivity contribution is -0.956. The Kier molecular flexibility index (Phi) is 8.50. The fourth-order valence-electron chi connectivity index (χ4n) is 4.84. The molecule has 1 saturated heterocycles. The summed E-state index contributed by atoms with van der Waals surface area (Å²) in [6.07, 6.45) is 0. The Hall–Kier alpha value is -3.78. The standard InChI is InChI=1S/C29H34FN2O5/c1-34-26-17-25(18-27(35-2)29(26)36-3)37-21-28(33)31-13-15-32(16-14-31,19-22-7-5-4-6-8-22)20-23-9-11-24(30)12-10-23/h4-12,17-18H,13-16,19-21H2,1-3H3/q+1. The van der Waals surface area contributed by atoms with E-state index in [-0.39, 0.29) is 18.3 Å². The second kappa shape index (κ2) is 12.0. The molecule has 0 saturated carbocycles. The number of ether oxygens (including phenoxy) is 4. The van der Waals surface area contributed by atoms with E-state index in [9.17, 15) is 9.18 Å². The molecule has 0 N–H and O–H groups in total. The fraction of sp³-hybridized carbons (Fsp3) is 0.345. The molecule has 1 aliphatic rings. The van der Waals surface area contributed by atoms with Crippen LogP contribution in [0.2, 0.25) is 0 Å². The van der Waals surface area contributed by atoms with Crippen molar-refractivity contribution in [1.29, 1.82) is 0 Å². The number of hydrogen-bond acceptors (Lipinski definition) is 5. The Labute approximate surface area is 217 Å². The Balaban J connectivity index is 1.42. The van der Waals surface area contributed by atoms with Gasteiger partial charge in [0.2, 0.25) is 5.75 Å². The van der Waals surface area contributed by atoms with Gasteiger partial charge in [-0.25, -0.2) is 4.39 Å². The van der Waals surface area contributed by atoms with Crippen LogP contribution in [0.25, 0.3) is 0 Å². The van der Waals surface area contributed by atoms with E-state index < -0.39 is 0 Å². The molecule has 1 aliphatic heterocycles. The van der Waals surface area contributed by atoms with Gasteiger partial charge in [-0.1, -0.05) is 42.5 Å². The minimum absolute atomic E-state index is 0.0759. The Morgan fingerprint density at radius 2 is 1.41 bits per heavy atom. The smallest absolute Gasteiger partial charge is 0.260 e. The minimum atomic E-state index is -0.235. The van der Waals surface area contributed by atoms with E-state index in [1.54, 1.807) is 12.1 Å². The van der Waals surface area contributed by atoms with E-state index >= 15 is 0 Å². The Morgan fingerprint density at radius 3 is 1.95 bits per heavy atom. The van der Waals surface area contributed by atoms with Crippen molar-refractivity contribution >= 4 is 5.91 Å². The summed E-state index contributed by atoms with van der Waals surface area (Å²) in [5, 5.41) is 0. The molecule has 0 radical (unpaired) electrons. The molecule has 0 aromatic heterocycles. The zero-order valence-electron chi connectivity index (χ0n) is 21.6. The van der Waals surface area contributed by atoms with Crippen LogP contribution in [0.5, 0.6) is 23.0 Å². The summed E-state index contributed by atoms with van der Waals surface area (Å²) in [6, 6.07) is 20.4. The van der Waals surface area contributed by atoms with Crippen LogP contribution in [0, 0.1) is 5.82 Å². The van der Waals surface area contributed by atoms with Crippen molar-refractivity contribution in [3.8, 4) is 23.0 Å². The number of benzene rings is 3. The van der Waals surface area contributed by atoms with Crippen LogP contribution in [-0.2, 0) is 17.9 Å². The third-order valence-corrected chi connectivity index (χ3v) is 6.83. The molecular formula is C29H34FN2O5+. The number of carbonyl (C=O) groups excluding carboxylic acids is 1. The zero-order chi connectivity index (χ0) is 26.3. The highest BCUT2D eigenvalue weighted by Gasteiger charge is 2.35. The van der Waals surface area contributed by atoms with Crippen LogP contribution in [0.3, 0.4) is 0 Å². The van der Waals surface area contributed by atoms with Gasteiger partial charge in [0.05, 0.1) is 47.5 Å². The first kappa shape index (κ1) is 26.3. The number of amides is 1. The summed E-state index contributed by atoms with van der Waals surface area (Å²) >= 11 is 0. The summed E-state index contributed by atoms with van der Waals surface area (Å²) in [7, 11) is 4.60. The van der Waals surface area contributed by atoms with Gasteiger partial charge in [0.1, 0.15) is 24.7 Å². The van der Waals surface area contributed by atoms with Crippen LogP contribution in [-0.4, -0.2) is 69.4 Å². The van der Waals surface area contributed by atoms with E-state index in [0.717, 1.165) is 36.2 Å². The molecular weight excluding hydrogens is 475 g/mol. The number of quaternary nitrogens is 1.